The first kappa shape index (κ1) is 19.8. The zero-order chi connectivity index (χ0) is 22.4. The molecule has 4 aromatic rings. The summed E-state index contributed by atoms with van der Waals surface area (Å²) >= 11 is 0. The number of fused-ring (bicyclic) bond motifs is 4. The van der Waals surface area contributed by atoms with E-state index in [0.717, 1.165) is 28.4 Å². The Kier molecular flexibility index (Phi) is 4.76. The minimum absolute atomic E-state index is 0.245. The van der Waals surface area contributed by atoms with Crippen molar-refractivity contribution in [3.63, 3.8) is 0 Å². The fraction of sp³-hybridized carbons (Fsp3) is 0.167. The fourth-order valence-electron chi connectivity index (χ4n) is 5.37. The van der Waals surface area contributed by atoms with Gasteiger partial charge >= 0.3 is 0 Å². The van der Waals surface area contributed by atoms with E-state index in [0.29, 0.717) is 11.8 Å². The van der Waals surface area contributed by atoms with Crippen LogP contribution in [0.3, 0.4) is 0 Å². The lowest BCUT2D eigenvalue weighted by Gasteiger charge is -2.37. The van der Waals surface area contributed by atoms with Crippen LogP contribution in [-0.4, -0.2) is 11.3 Å². The molecule has 0 fully saturated rings. The second-order valence-electron chi connectivity index (χ2n) is 9.14. The SMILES string of the molecule is Cc1ccc2c(c1)[C@@H]1C=CC[C@@H]1[C@@H](c1ccc(N=Cc3c(O)ccc4ccccc34)cc1)N2. The lowest BCUT2D eigenvalue weighted by molar-refractivity contribution is 0.425. The van der Waals surface area contributed by atoms with E-state index in [2.05, 4.69) is 71.8 Å². The Hall–Kier alpha value is -3.85. The van der Waals surface area contributed by atoms with Crippen LogP contribution in [-0.2, 0) is 0 Å². The molecule has 0 spiro atoms. The molecule has 6 rings (SSSR count). The number of aliphatic imine (C=N–C) groups is 1. The number of hydrogen-bond donors (Lipinski definition) is 2. The maximum atomic E-state index is 10.4. The van der Waals surface area contributed by atoms with E-state index in [1.807, 2.05) is 30.3 Å². The number of rotatable bonds is 3. The van der Waals surface area contributed by atoms with Gasteiger partial charge in [0.05, 0.1) is 11.7 Å². The number of benzene rings is 4. The van der Waals surface area contributed by atoms with Crippen LogP contribution in [0, 0.1) is 12.8 Å². The Morgan fingerprint density at radius 2 is 1.82 bits per heavy atom. The highest BCUT2D eigenvalue weighted by molar-refractivity contribution is 6.02. The normalized spacial score (nSPS) is 21.2. The summed E-state index contributed by atoms with van der Waals surface area (Å²) in [5, 5.41) is 16.3. The van der Waals surface area contributed by atoms with Gasteiger partial charge in [-0.1, -0.05) is 72.3 Å². The highest BCUT2D eigenvalue weighted by atomic mass is 16.3. The molecule has 0 saturated carbocycles. The largest absolute Gasteiger partial charge is 0.507 e. The minimum atomic E-state index is 0.245. The molecule has 1 heterocycles. The van der Waals surface area contributed by atoms with Crippen LogP contribution in [0.2, 0.25) is 0 Å². The first-order chi connectivity index (χ1) is 16.2. The van der Waals surface area contributed by atoms with Gasteiger partial charge < -0.3 is 10.4 Å². The summed E-state index contributed by atoms with van der Waals surface area (Å²) in [6, 6.07) is 27.2. The Morgan fingerprint density at radius 3 is 2.70 bits per heavy atom. The molecule has 3 atom stereocenters. The quantitative estimate of drug-likeness (QED) is 0.262. The van der Waals surface area contributed by atoms with Crippen molar-refractivity contribution in [1.29, 1.82) is 0 Å². The number of aromatic hydroxyl groups is 1. The number of anilines is 1. The summed E-state index contributed by atoms with van der Waals surface area (Å²) in [7, 11) is 0. The van der Waals surface area contributed by atoms with Gasteiger partial charge in [0.1, 0.15) is 5.75 Å². The van der Waals surface area contributed by atoms with Crippen molar-refractivity contribution in [2.75, 3.05) is 5.32 Å². The van der Waals surface area contributed by atoms with Crippen LogP contribution in [0.5, 0.6) is 5.75 Å². The first-order valence-corrected chi connectivity index (χ1v) is 11.6. The van der Waals surface area contributed by atoms with Crippen LogP contribution < -0.4 is 5.32 Å². The van der Waals surface area contributed by atoms with E-state index in [9.17, 15) is 5.11 Å². The van der Waals surface area contributed by atoms with Crippen molar-refractivity contribution in [2.45, 2.75) is 25.3 Å². The lowest BCUT2D eigenvalue weighted by atomic mass is 9.76. The third-order valence-electron chi connectivity index (χ3n) is 7.06. The van der Waals surface area contributed by atoms with Gasteiger partial charge in [-0.25, -0.2) is 0 Å². The van der Waals surface area contributed by atoms with Crippen LogP contribution in [0.4, 0.5) is 11.4 Å². The molecule has 3 heteroatoms. The predicted octanol–water partition coefficient (Wildman–Crippen LogP) is 7.43. The fourth-order valence-corrected chi connectivity index (χ4v) is 5.37. The Labute approximate surface area is 194 Å². The third kappa shape index (κ3) is 3.50. The molecule has 0 unspecified atom stereocenters. The summed E-state index contributed by atoms with van der Waals surface area (Å²) in [6.45, 7) is 2.16. The predicted molar refractivity (Wildman–Crippen MR) is 137 cm³/mol. The van der Waals surface area contributed by atoms with Crippen molar-refractivity contribution in [2.24, 2.45) is 10.9 Å². The van der Waals surface area contributed by atoms with E-state index >= 15 is 0 Å². The van der Waals surface area contributed by atoms with Gasteiger partial charge in [-0.05, 0) is 65.4 Å². The van der Waals surface area contributed by atoms with Crippen LogP contribution in [0.25, 0.3) is 10.8 Å². The molecule has 1 aliphatic heterocycles. The van der Waals surface area contributed by atoms with Gasteiger partial charge in [-0.3, -0.25) is 4.99 Å². The van der Waals surface area contributed by atoms with Crippen molar-refractivity contribution in [3.8, 4) is 5.75 Å². The molecule has 0 saturated heterocycles. The van der Waals surface area contributed by atoms with E-state index < -0.39 is 0 Å². The number of aryl methyl sites for hydroxylation is 1. The van der Waals surface area contributed by atoms with E-state index in [1.54, 1.807) is 12.3 Å². The van der Waals surface area contributed by atoms with Crippen molar-refractivity contribution >= 4 is 28.4 Å². The Bertz CT molecular complexity index is 1400. The molecule has 3 nitrogen and oxygen atoms in total. The summed E-state index contributed by atoms with van der Waals surface area (Å²) in [6.07, 6.45) is 7.57. The first-order valence-electron chi connectivity index (χ1n) is 11.6. The van der Waals surface area contributed by atoms with E-state index in [4.69, 9.17) is 0 Å². The number of nitrogens with one attached hydrogen (secondary N) is 1. The maximum absolute atomic E-state index is 10.4. The van der Waals surface area contributed by atoms with Gasteiger partial charge in [-0.15, -0.1) is 0 Å². The third-order valence-corrected chi connectivity index (χ3v) is 7.06. The molecule has 4 aromatic carbocycles. The Morgan fingerprint density at radius 1 is 0.970 bits per heavy atom. The summed E-state index contributed by atoms with van der Waals surface area (Å²) in [4.78, 5) is 4.67. The average molecular weight is 431 g/mol. The van der Waals surface area contributed by atoms with Crippen molar-refractivity contribution in [1.82, 2.24) is 0 Å². The lowest BCUT2D eigenvalue weighted by Crippen LogP contribution is -2.29. The molecule has 0 amide bonds. The van der Waals surface area contributed by atoms with Crippen LogP contribution in [0.15, 0.2) is 96.0 Å². The summed E-state index contributed by atoms with van der Waals surface area (Å²) < 4.78 is 0. The summed E-state index contributed by atoms with van der Waals surface area (Å²) in [5.41, 5.74) is 6.88. The second kappa shape index (κ2) is 7.93. The molecule has 0 aromatic heterocycles. The zero-order valence-corrected chi connectivity index (χ0v) is 18.6. The number of allylic oxidation sites excluding steroid dienone is 2. The highest BCUT2D eigenvalue weighted by Crippen LogP contribution is 2.50. The molecule has 2 aliphatic rings. The maximum Gasteiger partial charge on any atom is 0.124 e. The smallest absolute Gasteiger partial charge is 0.124 e. The molecule has 162 valence electrons. The highest BCUT2D eigenvalue weighted by Gasteiger charge is 2.37. The van der Waals surface area contributed by atoms with Crippen molar-refractivity contribution < 1.29 is 5.11 Å². The molecule has 33 heavy (non-hydrogen) atoms. The number of nitrogens with zero attached hydrogens (tertiary/aromatic N) is 1. The monoisotopic (exact) mass is 430 g/mol. The molecular formula is C30H26N2O. The number of phenols is 1. The Balaban J connectivity index is 1.28. The van der Waals surface area contributed by atoms with Gasteiger partial charge in [0.25, 0.3) is 0 Å². The second-order valence-corrected chi connectivity index (χ2v) is 9.14. The standard InChI is InChI=1S/C30H26N2O/c1-19-9-15-28-26(17-19)24-7-4-8-25(24)30(32-28)21-10-13-22(14-11-21)31-18-27-23-6-3-2-5-20(23)12-16-29(27)33/h2-7,9-18,24-25,30,32-33H,8H2,1H3/t24-,25+,30-/m1/s1. The van der Waals surface area contributed by atoms with Gasteiger partial charge in [0.2, 0.25) is 0 Å². The topological polar surface area (TPSA) is 44.6 Å². The van der Waals surface area contributed by atoms with Crippen LogP contribution in [0.1, 0.15) is 40.6 Å². The molecular weight excluding hydrogens is 404 g/mol. The summed E-state index contributed by atoms with van der Waals surface area (Å²) in [5.74, 6) is 1.24. The molecule has 1 aliphatic carbocycles. The van der Waals surface area contributed by atoms with E-state index in [-0.39, 0.29) is 11.8 Å². The zero-order valence-electron chi connectivity index (χ0n) is 18.6. The van der Waals surface area contributed by atoms with E-state index in [1.165, 1.54) is 22.4 Å². The van der Waals surface area contributed by atoms with Gasteiger partial charge in [-0.2, -0.15) is 0 Å². The minimum Gasteiger partial charge on any atom is -0.507 e. The molecule has 2 N–H and O–H groups in total. The average Bonchev–Trinajstić information content (AvgIpc) is 3.34. The number of hydrogen-bond acceptors (Lipinski definition) is 3. The van der Waals surface area contributed by atoms with Gasteiger partial charge in [0, 0.05) is 23.4 Å². The molecule has 0 bridgehead atoms. The van der Waals surface area contributed by atoms with Crippen molar-refractivity contribution in [3.05, 3.63) is 113 Å². The van der Waals surface area contributed by atoms with Crippen LogP contribution >= 0.6 is 0 Å². The number of phenolic OH excluding ortho intramolecular Hbond substituents is 1. The molecule has 0 radical (unpaired) electrons. The van der Waals surface area contributed by atoms with Gasteiger partial charge in [0.15, 0.2) is 0 Å².